The van der Waals surface area contributed by atoms with Gasteiger partial charge in [-0.3, -0.25) is 4.90 Å². The van der Waals surface area contributed by atoms with Crippen molar-refractivity contribution in [3.05, 3.63) is 12.7 Å². The molecular weight excluding hydrogens is 234 g/mol. The molecule has 0 bridgehead atoms. The predicted octanol–water partition coefficient (Wildman–Crippen LogP) is 2.52. The van der Waals surface area contributed by atoms with Gasteiger partial charge in [-0.25, -0.2) is 9.59 Å². The van der Waals surface area contributed by atoms with Crippen molar-refractivity contribution in [3.8, 4) is 0 Å². The van der Waals surface area contributed by atoms with Crippen LogP contribution < -0.4 is 0 Å². The van der Waals surface area contributed by atoms with Crippen molar-refractivity contribution in [1.29, 1.82) is 0 Å². The summed E-state index contributed by atoms with van der Waals surface area (Å²) in [5.41, 5.74) is 0. The fraction of sp³-hybridized carbons (Fsp3) is 0.692. The van der Waals surface area contributed by atoms with E-state index >= 15 is 0 Å². The summed E-state index contributed by atoms with van der Waals surface area (Å²) in [4.78, 5) is 23.8. The molecule has 0 rings (SSSR count). The number of ether oxygens (including phenoxy) is 1. The van der Waals surface area contributed by atoms with Gasteiger partial charge in [-0.05, 0) is 25.2 Å². The van der Waals surface area contributed by atoms with Crippen LogP contribution in [0.2, 0.25) is 0 Å². The van der Waals surface area contributed by atoms with E-state index in [4.69, 9.17) is 9.84 Å². The quantitative estimate of drug-likeness (QED) is 0.536. The van der Waals surface area contributed by atoms with Gasteiger partial charge in [-0.15, -0.1) is 6.58 Å². The van der Waals surface area contributed by atoms with Crippen LogP contribution in [0, 0.1) is 5.92 Å². The van der Waals surface area contributed by atoms with Crippen LogP contribution in [-0.4, -0.2) is 41.8 Å². The molecule has 0 aromatic heterocycles. The fourth-order valence-electron chi connectivity index (χ4n) is 1.66. The van der Waals surface area contributed by atoms with Crippen LogP contribution in [0.15, 0.2) is 12.7 Å². The van der Waals surface area contributed by atoms with Crippen molar-refractivity contribution >= 4 is 12.1 Å². The molecule has 0 aliphatic heterocycles. The van der Waals surface area contributed by atoms with Gasteiger partial charge in [0.05, 0.1) is 6.61 Å². The molecule has 0 spiro atoms. The third-order valence-corrected chi connectivity index (χ3v) is 2.62. The van der Waals surface area contributed by atoms with Crippen molar-refractivity contribution < 1.29 is 19.4 Å². The number of unbranched alkanes of at least 4 members (excludes halogenated alkanes) is 2. The summed E-state index contributed by atoms with van der Waals surface area (Å²) in [6, 6.07) is -0.856. The minimum Gasteiger partial charge on any atom is -0.480 e. The number of carboxylic acid groups (broad SMARTS) is 1. The first-order valence-corrected chi connectivity index (χ1v) is 6.15. The second kappa shape index (κ2) is 8.55. The normalized spacial score (nSPS) is 12.0. The van der Waals surface area contributed by atoms with Crippen LogP contribution in [0.25, 0.3) is 0 Å². The Kier molecular flexibility index (Phi) is 7.83. The molecule has 5 heteroatoms. The number of carbonyl (C=O) groups excluding carboxylic acids is 1. The van der Waals surface area contributed by atoms with Gasteiger partial charge >= 0.3 is 12.1 Å². The number of carboxylic acids is 1. The third kappa shape index (κ3) is 5.70. The summed E-state index contributed by atoms with van der Waals surface area (Å²) in [7, 11) is 1.45. The molecule has 0 radical (unpaired) electrons. The van der Waals surface area contributed by atoms with Crippen molar-refractivity contribution in [2.45, 2.75) is 39.2 Å². The second-order valence-electron chi connectivity index (χ2n) is 4.54. The Morgan fingerprint density at radius 1 is 1.39 bits per heavy atom. The molecule has 0 aromatic rings. The molecule has 1 N–H and O–H groups in total. The maximum Gasteiger partial charge on any atom is 0.410 e. The molecule has 0 aromatic carbocycles. The number of aliphatic carboxylic acids is 1. The second-order valence-corrected chi connectivity index (χ2v) is 4.54. The monoisotopic (exact) mass is 257 g/mol. The Morgan fingerprint density at radius 2 is 2.00 bits per heavy atom. The molecule has 0 saturated heterocycles. The SMILES string of the molecule is C=CCCCCOC(=O)N(C)[C@H](C(=O)O)C(C)C. The molecule has 0 saturated carbocycles. The molecular formula is C13H23NO4. The lowest BCUT2D eigenvalue weighted by molar-refractivity contribution is -0.143. The number of likely N-dealkylation sites (N-methyl/N-ethyl adjacent to an activating group) is 1. The third-order valence-electron chi connectivity index (χ3n) is 2.62. The molecule has 104 valence electrons. The van der Waals surface area contributed by atoms with Crippen LogP contribution in [0.4, 0.5) is 4.79 Å². The molecule has 5 nitrogen and oxygen atoms in total. The smallest absolute Gasteiger partial charge is 0.410 e. The zero-order valence-corrected chi connectivity index (χ0v) is 11.4. The summed E-state index contributed by atoms with van der Waals surface area (Å²) < 4.78 is 5.02. The summed E-state index contributed by atoms with van der Waals surface area (Å²) >= 11 is 0. The Bertz CT molecular complexity index is 289. The molecule has 0 aliphatic rings. The summed E-state index contributed by atoms with van der Waals surface area (Å²) in [6.45, 7) is 7.42. The first kappa shape index (κ1) is 16.5. The molecule has 0 unspecified atom stereocenters. The van der Waals surface area contributed by atoms with Crippen LogP contribution in [0.3, 0.4) is 0 Å². The first-order valence-electron chi connectivity index (χ1n) is 6.15. The molecule has 0 fully saturated rings. The summed E-state index contributed by atoms with van der Waals surface area (Å²) in [5, 5.41) is 9.04. The number of amides is 1. The van der Waals surface area contributed by atoms with Gasteiger partial charge in [0, 0.05) is 7.05 Å². The van der Waals surface area contributed by atoms with E-state index < -0.39 is 18.1 Å². The molecule has 18 heavy (non-hydrogen) atoms. The van der Waals surface area contributed by atoms with Gasteiger partial charge < -0.3 is 9.84 Å². The average molecular weight is 257 g/mol. The zero-order valence-electron chi connectivity index (χ0n) is 11.4. The highest BCUT2D eigenvalue weighted by Gasteiger charge is 2.30. The van der Waals surface area contributed by atoms with E-state index in [1.54, 1.807) is 13.8 Å². The van der Waals surface area contributed by atoms with E-state index in [-0.39, 0.29) is 5.92 Å². The van der Waals surface area contributed by atoms with Crippen molar-refractivity contribution in [2.75, 3.05) is 13.7 Å². The fourth-order valence-corrected chi connectivity index (χ4v) is 1.66. The average Bonchev–Trinajstić information content (AvgIpc) is 2.27. The van der Waals surface area contributed by atoms with Gasteiger partial charge in [0.15, 0.2) is 0 Å². The van der Waals surface area contributed by atoms with E-state index in [1.807, 2.05) is 6.08 Å². The largest absolute Gasteiger partial charge is 0.480 e. The van der Waals surface area contributed by atoms with Crippen molar-refractivity contribution in [3.63, 3.8) is 0 Å². The zero-order chi connectivity index (χ0) is 14.1. The Morgan fingerprint density at radius 3 is 2.44 bits per heavy atom. The number of hydrogen-bond donors (Lipinski definition) is 1. The van der Waals surface area contributed by atoms with Gasteiger partial charge in [-0.2, -0.15) is 0 Å². The standard InChI is InChI=1S/C13H23NO4/c1-5-6-7-8-9-18-13(17)14(4)11(10(2)3)12(15)16/h5,10-11H,1,6-9H2,2-4H3,(H,15,16)/t11-/m0/s1. The highest BCUT2D eigenvalue weighted by molar-refractivity contribution is 5.80. The number of allylic oxidation sites excluding steroid dienone is 1. The topological polar surface area (TPSA) is 66.8 Å². The molecule has 0 aliphatic carbocycles. The minimum atomic E-state index is -1.02. The summed E-state index contributed by atoms with van der Waals surface area (Å²) in [5.74, 6) is -1.18. The van der Waals surface area contributed by atoms with Crippen LogP contribution in [0.1, 0.15) is 33.1 Å². The van der Waals surface area contributed by atoms with Crippen LogP contribution in [-0.2, 0) is 9.53 Å². The molecule has 1 atom stereocenters. The first-order chi connectivity index (χ1) is 8.41. The lowest BCUT2D eigenvalue weighted by atomic mass is 10.0. The number of rotatable bonds is 8. The maximum atomic E-state index is 11.6. The summed E-state index contributed by atoms with van der Waals surface area (Å²) in [6.07, 6.45) is 3.78. The number of nitrogens with zero attached hydrogens (tertiary/aromatic N) is 1. The maximum absolute atomic E-state index is 11.6. The van der Waals surface area contributed by atoms with Gasteiger partial charge in [0.2, 0.25) is 0 Å². The molecule has 0 heterocycles. The number of hydrogen-bond acceptors (Lipinski definition) is 3. The van der Waals surface area contributed by atoms with Gasteiger partial charge in [-0.1, -0.05) is 19.9 Å². The van der Waals surface area contributed by atoms with Crippen molar-refractivity contribution in [1.82, 2.24) is 4.90 Å². The van der Waals surface area contributed by atoms with E-state index in [1.165, 1.54) is 7.05 Å². The Hall–Kier alpha value is -1.52. The van der Waals surface area contributed by atoms with Gasteiger partial charge in [0.1, 0.15) is 6.04 Å². The number of carbonyl (C=O) groups is 2. The minimum absolute atomic E-state index is 0.166. The molecule has 1 amide bonds. The van der Waals surface area contributed by atoms with Crippen LogP contribution >= 0.6 is 0 Å². The highest BCUT2D eigenvalue weighted by Crippen LogP contribution is 2.11. The lowest BCUT2D eigenvalue weighted by Crippen LogP contribution is -2.45. The highest BCUT2D eigenvalue weighted by atomic mass is 16.6. The van der Waals surface area contributed by atoms with E-state index in [9.17, 15) is 9.59 Å². The van der Waals surface area contributed by atoms with E-state index in [0.29, 0.717) is 6.61 Å². The van der Waals surface area contributed by atoms with E-state index in [2.05, 4.69) is 6.58 Å². The van der Waals surface area contributed by atoms with Crippen molar-refractivity contribution in [2.24, 2.45) is 5.92 Å². The Balaban J connectivity index is 4.15. The lowest BCUT2D eigenvalue weighted by Gasteiger charge is -2.26. The van der Waals surface area contributed by atoms with Crippen LogP contribution in [0.5, 0.6) is 0 Å². The Labute approximate surface area is 108 Å². The predicted molar refractivity (Wildman–Crippen MR) is 69.4 cm³/mol. The van der Waals surface area contributed by atoms with Gasteiger partial charge in [0.25, 0.3) is 0 Å². The van der Waals surface area contributed by atoms with E-state index in [0.717, 1.165) is 24.2 Å².